The highest BCUT2D eigenvalue weighted by molar-refractivity contribution is 7.89. The van der Waals surface area contributed by atoms with Crippen LogP contribution in [0.4, 0.5) is 5.69 Å². The zero-order chi connectivity index (χ0) is 13.6. The molecule has 0 amide bonds. The molecule has 1 fully saturated rings. The summed E-state index contributed by atoms with van der Waals surface area (Å²) >= 11 is 0. The molecule has 1 aliphatic rings. The molecule has 18 heavy (non-hydrogen) atoms. The number of nitrogens with zero attached hydrogens (tertiary/aromatic N) is 1. The van der Waals surface area contributed by atoms with E-state index in [4.69, 9.17) is 5.73 Å². The Balaban J connectivity index is 2.48. The first kappa shape index (κ1) is 13.4. The van der Waals surface area contributed by atoms with Crippen LogP contribution in [0.25, 0.3) is 0 Å². The average molecular weight is 268 g/mol. The predicted molar refractivity (Wildman–Crippen MR) is 72.8 cm³/mol. The Hall–Kier alpha value is -1.07. The molecule has 1 aliphatic heterocycles. The number of benzene rings is 1. The van der Waals surface area contributed by atoms with Crippen LogP contribution in [-0.2, 0) is 10.0 Å². The average Bonchev–Trinajstić information content (AvgIpc) is 2.57. The van der Waals surface area contributed by atoms with Crippen molar-refractivity contribution in [2.45, 2.75) is 44.0 Å². The van der Waals surface area contributed by atoms with Gasteiger partial charge in [-0.2, -0.15) is 4.31 Å². The van der Waals surface area contributed by atoms with E-state index in [9.17, 15) is 8.42 Å². The minimum atomic E-state index is -3.44. The normalized spacial score (nSPS) is 20.2. The number of rotatable bonds is 2. The van der Waals surface area contributed by atoms with E-state index in [1.807, 2.05) is 20.8 Å². The maximum Gasteiger partial charge on any atom is 0.243 e. The first-order valence-corrected chi connectivity index (χ1v) is 7.57. The van der Waals surface area contributed by atoms with E-state index in [2.05, 4.69) is 0 Å². The van der Waals surface area contributed by atoms with Gasteiger partial charge in [0.05, 0.1) is 4.90 Å². The van der Waals surface area contributed by atoms with Crippen molar-refractivity contribution in [2.75, 3.05) is 12.3 Å². The van der Waals surface area contributed by atoms with Crippen LogP contribution < -0.4 is 5.73 Å². The molecule has 100 valence electrons. The first-order chi connectivity index (χ1) is 8.23. The number of hydrogen-bond donors (Lipinski definition) is 1. The van der Waals surface area contributed by atoms with E-state index in [0.717, 1.165) is 18.4 Å². The zero-order valence-corrected chi connectivity index (χ0v) is 11.9. The molecule has 5 heteroatoms. The number of sulfonamides is 1. The predicted octanol–water partition coefficient (Wildman–Crippen LogP) is 2.14. The van der Waals surface area contributed by atoms with E-state index < -0.39 is 10.0 Å². The minimum absolute atomic E-state index is 0.301. The van der Waals surface area contributed by atoms with Crippen LogP contribution in [0, 0.1) is 6.92 Å². The molecule has 0 saturated carbocycles. The lowest BCUT2D eigenvalue weighted by atomic mass is 10.0. The lowest BCUT2D eigenvalue weighted by molar-refractivity contribution is 0.291. The maximum absolute atomic E-state index is 12.6. The standard InChI is InChI=1S/C13H20N2O2S/c1-10-7-11(14)9-12(8-10)18(16,17)15-6-4-5-13(15,2)3/h7-9H,4-6,14H2,1-3H3. The Morgan fingerprint density at radius 1 is 1.28 bits per heavy atom. The summed E-state index contributed by atoms with van der Waals surface area (Å²) in [7, 11) is -3.44. The molecule has 1 saturated heterocycles. The number of nitrogens with two attached hydrogens (primary N) is 1. The Kier molecular flexibility index (Phi) is 3.15. The fraction of sp³-hybridized carbons (Fsp3) is 0.538. The van der Waals surface area contributed by atoms with Crippen molar-refractivity contribution in [3.8, 4) is 0 Å². The molecular weight excluding hydrogens is 248 g/mol. The third kappa shape index (κ3) is 2.24. The summed E-state index contributed by atoms with van der Waals surface area (Å²) in [6, 6.07) is 4.99. The van der Waals surface area contributed by atoms with Crippen molar-refractivity contribution in [3.63, 3.8) is 0 Å². The van der Waals surface area contributed by atoms with E-state index >= 15 is 0 Å². The molecule has 1 heterocycles. The van der Waals surface area contributed by atoms with Gasteiger partial charge >= 0.3 is 0 Å². The Morgan fingerprint density at radius 2 is 1.94 bits per heavy atom. The maximum atomic E-state index is 12.6. The molecule has 0 bridgehead atoms. The molecule has 1 aromatic rings. The van der Waals surface area contributed by atoms with E-state index in [1.165, 1.54) is 6.07 Å². The van der Waals surface area contributed by atoms with Crippen LogP contribution >= 0.6 is 0 Å². The fourth-order valence-electron chi connectivity index (χ4n) is 2.58. The second kappa shape index (κ2) is 4.24. The Morgan fingerprint density at radius 3 is 2.44 bits per heavy atom. The third-order valence-corrected chi connectivity index (χ3v) is 5.57. The van der Waals surface area contributed by atoms with Crippen LogP contribution in [-0.4, -0.2) is 24.8 Å². The lowest BCUT2D eigenvalue weighted by Gasteiger charge is -2.30. The first-order valence-electron chi connectivity index (χ1n) is 6.13. The van der Waals surface area contributed by atoms with Crippen molar-refractivity contribution in [2.24, 2.45) is 0 Å². The molecule has 4 nitrogen and oxygen atoms in total. The zero-order valence-electron chi connectivity index (χ0n) is 11.1. The van der Waals surface area contributed by atoms with Crippen LogP contribution in [0.3, 0.4) is 0 Å². The molecule has 0 unspecified atom stereocenters. The van der Waals surface area contributed by atoms with Crippen LogP contribution in [0.15, 0.2) is 23.1 Å². The van der Waals surface area contributed by atoms with Gasteiger partial charge < -0.3 is 5.73 Å². The summed E-state index contributed by atoms with van der Waals surface area (Å²) in [6.45, 7) is 6.38. The van der Waals surface area contributed by atoms with Crippen LogP contribution in [0.5, 0.6) is 0 Å². The van der Waals surface area contributed by atoms with Gasteiger partial charge in [-0.15, -0.1) is 0 Å². The summed E-state index contributed by atoms with van der Waals surface area (Å²) in [4.78, 5) is 0.301. The van der Waals surface area contributed by atoms with Gasteiger partial charge in [0.15, 0.2) is 0 Å². The molecular formula is C13H20N2O2S. The summed E-state index contributed by atoms with van der Waals surface area (Å²) in [5, 5.41) is 0. The number of hydrogen-bond acceptors (Lipinski definition) is 3. The quantitative estimate of drug-likeness (QED) is 0.836. The summed E-state index contributed by atoms with van der Waals surface area (Å²) in [5.74, 6) is 0. The number of aryl methyl sites for hydroxylation is 1. The van der Waals surface area contributed by atoms with Crippen LogP contribution in [0.1, 0.15) is 32.3 Å². The second-order valence-electron chi connectivity index (χ2n) is 5.57. The third-order valence-electron chi connectivity index (χ3n) is 3.49. The highest BCUT2D eigenvalue weighted by atomic mass is 32.2. The number of nitrogen functional groups attached to an aromatic ring is 1. The Bertz CT molecular complexity index is 544. The molecule has 0 aliphatic carbocycles. The molecule has 1 aromatic carbocycles. The highest BCUT2D eigenvalue weighted by Crippen LogP contribution is 2.34. The molecule has 0 radical (unpaired) electrons. The second-order valence-corrected chi connectivity index (χ2v) is 7.43. The van der Waals surface area contributed by atoms with Gasteiger partial charge in [0.1, 0.15) is 0 Å². The molecule has 0 atom stereocenters. The monoisotopic (exact) mass is 268 g/mol. The van der Waals surface area contributed by atoms with Crippen molar-refractivity contribution in [1.29, 1.82) is 0 Å². The van der Waals surface area contributed by atoms with E-state index in [1.54, 1.807) is 16.4 Å². The van der Waals surface area contributed by atoms with Crippen LogP contribution in [0.2, 0.25) is 0 Å². The van der Waals surface area contributed by atoms with E-state index in [-0.39, 0.29) is 5.54 Å². The molecule has 2 N–H and O–H groups in total. The fourth-order valence-corrected chi connectivity index (χ4v) is 4.57. The minimum Gasteiger partial charge on any atom is -0.399 e. The van der Waals surface area contributed by atoms with Gasteiger partial charge in [0.25, 0.3) is 0 Å². The van der Waals surface area contributed by atoms with Gasteiger partial charge in [0.2, 0.25) is 10.0 Å². The van der Waals surface area contributed by atoms with Crippen molar-refractivity contribution in [3.05, 3.63) is 23.8 Å². The van der Waals surface area contributed by atoms with Crippen molar-refractivity contribution >= 4 is 15.7 Å². The van der Waals surface area contributed by atoms with Crippen molar-refractivity contribution < 1.29 is 8.42 Å². The largest absolute Gasteiger partial charge is 0.399 e. The van der Waals surface area contributed by atoms with Gasteiger partial charge in [-0.1, -0.05) is 0 Å². The smallest absolute Gasteiger partial charge is 0.243 e. The number of anilines is 1. The Labute approximate surface area is 109 Å². The topological polar surface area (TPSA) is 63.4 Å². The SMILES string of the molecule is Cc1cc(N)cc(S(=O)(=O)N2CCCC2(C)C)c1. The van der Waals surface area contributed by atoms with Gasteiger partial charge in [-0.05, 0) is 57.4 Å². The molecule has 0 aromatic heterocycles. The van der Waals surface area contributed by atoms with Crippen molar-refractivity contribution in [1.82, 2.24) is 4.31 Å². The molecule has 0 spiro atoms. The van der Waals surface area contributed by atoms with E-state index in [0.29, 0.717) is 17.1 Å². The summed E-state index contributed by atoms with van der Waals surface area (Å²) in [6.07, 6.45) is 1.81. The summed E-state index contributed by atoms with van der Waals surface area (Å²) < 4.78 is 26.8. The highest BCUT2D eigenvalue weighted by Gasteiger charge is 2.40. The summed E-state index contributed by atoms with van der Waals surface area (Å²) in [5.41, 5.74) is 6.79. The lowest BCUT2D eigenvalue weighted by Crippen LogP contribution is -2.42. The van der Waals surface area contributed by atoms with Gasteiger partial charge in [-0.25, -0.2) is 8.42 Å². The van der Waals surface area contributed by atoms with Gasteiger partial charge in [-0.3, -0.25) is 0 Å². The molecule has 2 rings (SSSR count). The van der Waals surface area contributed by atoms with Gasteiger partial charge in [0, 0.05) is 17.8 Å².